The largest absolute Gasteiger partial charge is 0.418 e. The van der Waals surface area contributed by atoms with Gasteiger partial charge in [-0.05, 0) is 11.6 Å². The van der Waals surface area contributed by atoms with E-state index in [0.717, 1.165) is 16.5 Å². The number of fused-ring (bicyclic) bond motifs is 1. The van der Waals surface area contributed by atoms with Crippen LogP contribution in [0.3, 0.4) is 0 Å². The van der Waals surface area contributed by atoms with Crippen molar-refractivity contribution in [2.24, 2.45) is 0 Å². The smallest absolute Gasteiger partial charge is 0.214 e. The van der Waals surface area contributed by atoms with Crippen LogP contribution in [-0.2, 0) is 6.42 Å². The highest BCUT2D eigenvalue weighted by Crippen LogP contribution is 2.17. The Hall–Kier alpha value is -1.97. The second kappa shape index (κ2) is 3.41. The van der Waals surface area contributed by atoms with E-state index in [9.17, 15) is 5.21 Å². The fraction of sp³-hybridized carbons (Fsp3) is 0.100. The summed E-state index contributed by atoms with van der Waals surface area (Å²) >= 11 is 0. The van der Waals surface area contributed by atoms with Crippen molar-refractivity contribution in [3.8, 4) is 0 Å². The molecule has 0 saturated heterocycles. The number of nitrogens with one attached hydrogen (secondary N) is 1. The molecule has 72 valence electrons. The first kappa shape index (κ1) is 8.62. The summed E-state index contributed by atoms with van der Waals surface area (Å²) in [5.74, 6) is 0. The Morgan fingerprint density at radius 2 is 2.21 bits per heavy atom. The molecule has 1 aromatic carbocycles. The van der Waals surface area contributed by atoms with Gasteiger partial charge < -0.3 is 10.2 Å². The van der Waals surface area contributed by atoms with Crippen LogP contribution in [0.1, 0.15) is 5.56 Å². The molecule has 0 unspecified atom stereocenters. The zero-order valence-corrected chi connectivity index (χ0v) is 7.47. The van der Waals surface area contributed by atoms with Gasteiger partial charge in [-0.15, -0.1) is 0 Å². The van der Waals surface area contributed by atoms with Gasteiger partial charge in [0.15, 0.2) is 0 Å². The van der Waals surface area contributed by atoms with Crippen LogP contribution in [0.15, 0.2) is 30.5 Å². The van der Waals surface area contributed by atoms with Gasteiger partial charge in [-0.2, -0.15) is 0 Å². The minimum absolute atomic E-state index is 0.165. The molecule has 2 N–H and O–H groups in total. The molecule has 0 spiro atoms. The van der Waals surface area contributed by atoms with Crippen LogP contribution in [0.2, 0.25) is 0 Å². The van der Waals surface area contributed by atoms with Crippen molar-refractivity contribution in [3.05, 3.63) is 41.2 Å². The lowest BCUT2D eigenvalue weighted by molar-refractivity contribution is -0.723. The van der Waals surface area contributed by atoms with E-state index in [2.05, 4.69) is 4.98 Å². The van der Waals surface area contributed by atoms with Gasteiger partial charge >= 0.3 is 0 Å². The zero-order chi connectivity index (χ0) is 9.97. The maximum atomic E-state index is 10.3. The highest BCUT2D eigenvalue weighted by Gasteiger charge is 2.02. The molecule has 0 atom stereocenters. The van der Waals surface area contributed by atoms with Crippen molar-refractivity contribution < 1.29 is 10.1 Å². The van der Waals surface area contributed by atoms with Crippen LogP contribution in [0.5, 0.6) is 0 Å². The average Bonchev–Trinajstić information content (AvgIpc) is 2.58. The van der Waals surface area contributed by atoms with E-state index in [1.165, 1.54) is 6.21 Å². The molecule has 0 amide bonds. The number of hydrogen-bond acceptors (Lipinski definition) is 2. The van der Waals surface area contributed by atoms with Gasteiger partial charge in [0.2, 0.25) is 6.21 Å². The lowest BCUT2D eigenvalue weighted by atomic mass is 10.1. The maximum absolute atomic E-state index is 10.3. The fourth-order valence-electron chi connectivity index (χ4n) is 1.48. The van der Waals surface area contributed by atoms with Crippen molar-refractivity contribution in [2.45, 2.75) is 6.42 Å². The van der Waals surface area contributed by atoms with Crippen molar-refractivity contribution in [1.29, 1.82) is 0 Å². The van der Waals surface area contributed by atoms with Crippen molar-refractivity contribution in [2.75, 3.05) is 0 Å². The molecule has 2 rings (SSSR count). The van der Waals surface area contributed by atoms with Gasteiger partial charge in [0.25, 0.3) is 0 Å². The van der Waals surface area contributed by atoms with Gasteiger partial charge in [-0.1, -0.05) is 18.2 Å². The Balaban J connectivity index is 2.38. The molecule has 0 fully saturated rings. The number of para-hydroxylation sites is 1. The Bertz CT molecular complexity index is 470. The van der Waals surface area contributed by atoms with Crippen molar-refractivity contribution in [1.82, 2.24) is 4.98 Å². The number of hydrogen-bond donors (Lipinski definition) is 2. The van der Waals surface area contributed by atoms with Crippen LogP contribution in [0, 0.1) is 5.21 Å². The lowest BCUT2D eigenvalue weighted by Crippen LogP contribution is -1.99. The number of nitrogens with zero attached hydrogens (tertiary/aromatic N) is 1. The van der Waals surface area contributed by atoms with E-state index in [1.807, 2.05) is 30.5 Å². The first-order valence-corrected chi connectivity index (χ1v) is 4.31. The molecular weight excluding hydrogens is 180 g/mol. The van der Waals surface area contributed by atoms with Gasteiger partial charge in [-0.25, -0.2) is 0 Å². The number of aromatic amines is 1. The first-order valence-electron chi connectivity index (χ1n) is 4.31. The number of H-pyrrole nitrogens is 1. The Kier molecular flexibility index (Phi) is 2.10. The quantitative estimate of drug-likeness (QED) is 0.327. The third kappa shape index (κ3) is 1.54. The molecule has 4 nitrogen and oxygen atoms in total. The van der Waals surface area contributed by atoms with Gasteiger partial charge in [-0.3, -0.25) is 5.21 Å². The topological polar surface area (TPSA) is 62.1 Å². The normalized spacial score (nSPS) is 12.1. The molecule has 2 aromatic rings. The van der Waals surface area contributed by atoms with E-state index in [-0.39, 0.29) is 4.90 Å². The predicted octanol–water partition coefficient (Wildman–Crippen LogP) is 1.68. The first-order chi connectivity index (χ1) is 6.77. The molecular formula is C10H10N2O2. The van der Waals surface area contributed by atoms with E-state index in [0.29, 0.717) is 6.42 Å². The molecule has 0 aliphatic rings. The second-order valence-corrected chi connectivity index (χ2v) is 3.05. The van der Waals surface area contributed by atoms with Crippen LogP contribution in [0.25, 0.3) is 10.9 Å². The minimum Gasteiger partial charge on any atom is -0.418 e. The molecule has 1 heterocycles. The summed E-state index contributed by atoms with van der Waals surface area (Å²) in [5, 5.41) is 19.8. The summed E-state index contributed by atoms with van der Waals surface area (Å²) in [6, 6.07) is 7.82. The Morgan fingerprint density at radius 1 is 1.43 bits per heavy atom. The standard InChI is InChI=1S/C10H10N2O2/c13-12(14)6-5-8-7-11-10-4-2-1-3-9(8)10/h1-4,6-7,11H,5H2,(H,13,14). The zero-order valence-electron chi connectivity index (χ0n) is 7.47. The molecule has 0 radical (unpaired) electrons. The molecule has 0 aliphatic carbocycles. The highest BCUT2D eigenvalue weighted by molar-refractivity contribution is 5.85. The third-order valence-electron chi connectivity index (χ3n) is 2.14. The van der Waals surface area contributed by atoms with Crippen molar-refractivity contribution >= 4 is 17.1 Å². The fourth-order valence-corrected chi connectivity index (χ4v) is 1.48. The number of aromatic nitrogens is 1. The highest BCUT2D eigenvalue weighted by atomic mass is 16.8. The monoisotopic (exact) mass is 190 g/mol. The molecule has 1 aromatic heterocycles. The summed E-state index contributed by atoms with van der Waals surface area (Å²) in [5.41, 5.74) is 2.03. The molecule has 14 heavy (non-hydrogen) atoms. The van der Waals surface area contributed by atoms with Crippen LogP contribution in [0.4, 0.5) is 0 Å². The van der Waals surface area contributed by atoms with E-state index in [4.69, 9.17) is 5.21 Å². The summed E-state index contributed by atoms with van der Waals surface area (Å²) in [6.07, 6.45) is 3.43. The Morgan fingerprint density at radius 3 is 3.00 bits per heavy atom. The second-order valence-electron chi connectivity index (χ2n) is 3.05. The van der Waals surface area contributed by atoms with E-state index in [1.54, 1.807) is 0 Å². The lowest BCUT2D eigenvalue weighted by Gasteiger charge is -1.91. The molecule has 0 bridgehead atoms. The van der Waals surface area contributed by atoms with Crippen LogP contribution >= 0.6 is 0 Å². The summed E-state index contributed by atoms with van der Waals surface area (Å²) in [6.45, 7) is 0. The van der Waals surface area contributed by atoms with E-state index < -0.39 is 0 Å². The van der Waals surface area contributed by atoms with Crippen LogP contribution in [-0.4, -0.2) is 21.3 Å². The van der Waals surface area contributed by atoms with E-state index >= 15 is 0 Å². The summed E-state index contributed by atoms with van der Waals surface area (Å²) in [7, 11) is 0. The Labute approximate surface area is 80.7 Å². The molecule has 0 saturated carbocycles. The SMILES string of the molecule is [O-]/[N+](O)=C/Cc1c[nH]c2ccccc12. The predicted molar refractivity (Wildman–Crippen MR) is 53.5 cm³/mol. The summed E-state index contributed by atoms with van der Waals surface area (Å²) < 4.78 is 0. The molecule has 0 aliphatic heterocycles. The molecule has 4 heteroatoms. The summed E-state index contributed by atoms with van der Waals surface area (Å²) in [4.78, 5) is 2.92. The van der Waals surface area contributed by atoms with Gasteiger partial charge in [0.05, 0.1) is 6.42 Å². The van der Waals surface area contributed by atoms with Crippen molar-refractivity contribution in [3.63, 3.8) is 0 Å². The average molecular weight is 190 g/mol. The number of rotatable bonds is 2. The third-order valence-corrected chi connectivity index (χ3v) is 2.14. The number of benzene rings is 1. The van der Waals surface area contributed by atoms with Gasteiger partial charge in [0.1, 0.15) is 0 Å². The maximum Gasteiger partial charge on any atom is 0.214 e. The minimum atomic E-state index is -0.165. The van der Waals surface area contributed by atoms with Crippen LogP contribution < -0.4 is 0 Å². The van der Waals surface area contributed by atoms with Gasteiger partial charge in [0, 0.05) is 22.0 Å².